The smallest absolute Gasteiger partial charge is 0.225 e. The first-order chi connectivity index (χ1) is 13.7. The van der Waals surface area contributed by atoms with Crippen molar-refractivity contribution in [3.8, 4) is 0 Å². The molecule has 1 aliphatic rings. The first kappa shape index (κ1) is 20.1. The van der Waals surface area contributed by atoms with Crippen molar-refractivity contribution in [1.82, 2.24) is 25.1 Å². The summed E-state index contributed by atoms with van der Waals surface area (Å²) in [5, 5.41) is 3.50. The van der Waals surface area contributed by atoms with Crippen LogP contribution in [0.3, 0.4) is 0 Å². The molecule has 0 amide bonds. The molecule has 2 heterocycles. The third-order valence-electron chi connectivity index (χ3n) is 5.16. The van der Waals surface area contributed by atoms with Crippen molar-refractivity contribution in [3.05, 3.63) is 53.9 Å². The zero-order valence-electron chi connectivity index (χ0n) is 17.2. The molecule has 0 radical (unpaired) electrons. The van der Waals surface area contributed by atoms with Gasteiger partial charge in [-0.2, -0.15) is 0 Å². The summed E-state index contributed by atoms with van der Waals surface area (Å²) in [6.07, 6.45) is 3.61. The van der Waals surface area contributed by atoms with Crippen molar-refractivity contribution in [2.45, 2.75) is 13.5 Å². The fourth-order valence-electron chi connectivity index (χ4n) is 3.45. The van der Waals surface area contributed by atoms with Crippen molar-refractivity contribution < 1.29 is 0 Å². The predicted molar refractivity (Wildman–Crippen MR) is 115 cm³/mol. The number of nitrogens with zero attached hydrogens (tertiary/aromatic N) is 6. The van der Waals surface area contributed by atoms with E-state index >= 15 is 0 Å². The van der Waals surface area contributed by atoms with E-state index in [1.807, 2.05) is 13.1 Å². The van der Waals surface area contributed by atoms with Gasteiger partial charge in [0.05, 0.1) is 0 Å². The molecule has 150 valence electrons. The van der Waals surface area contributed by atoms with Crippen molar-refractivity contribution in [2.75, 3.05) is 58.3 Å². The van der Waals surface area contributed by atoms with E-state index in [9.17, 15) is 0 Å². The van der Waals surface area contributed by atoms with Crippen LogP contribution in [0.2, 0.25) is 0 Å². The zero-order valence-corrected chi connectivity index (χ0v) is 17.2. The number of nitrogens with one attached hydrogen (secondary N) is 1. The summed E-state index contributed by atoms with van der Waals surface area (Å²) in [4.78, 5) is 20.0. The minimum Gasteiger partial charge on any atom is -0.355 e. The van der Waals surface area contributed by atoms with Gasteiger partial charge in [0.2, 0.25) is 5.95 Å². The number of hydrogen-bond acceptors (Lipinski definition) is 5. The third kappa shape index (κ3) is 5.42. The normalized spacial score (nSPS) is 15.5. The van der Waals surface area contributed by atoms with Crippen LogP contribution in [-0.4, -0.2) is 79.1 Å². The molecule has 7 heteroatoms. The molecule has 0 spiro atoms. The number of piperazine rings is 1. The molecule has 1 aliphatic heterocycles. The van der Waals surface area contributed by atoms with Gasteiger partial charge >= 0.3 is 0 Å². The highest BCUT2D eigenvalue weighted by atomic mass is 15.3. The van der Waals surface area contributed by atoms with Gasteiger partial charge in [-0.25, -0.2) is 9.97 Å². The highest BCUT2D eigenvalue weighted by Crippen LogP contribution is 2.10. The lowest BCUT2D eigenvalue weighted by Gasteiger charge is -2.34. The number of aliphatic imine (C=N–C) groups is 1. The number of guanidine groups is 1. The molecule has 1 aromatic heterocycles. The second kappa shape index (κ2) is 10.0. The van der Waals surface area contributed by atoms with Gasteiger partial charge in [-0.15, -0.1) is 0 Å². The van der Waals surface area contributed by atoms with Crippen LogP contribution in [0.5, 0.6) is 0 Å². The Morgan fingerprint density at radius 3 is 2.50 bits per heavy atom. The zero-order chi connectivity index (χ0) is 19.8. The molecule has 0 atom stereocenters. The van der Waals surface area contributed by atoms with Crippen molar-refractivity contribution in [2.24, 2.45) is 4.99 Å². The summed E-state index contributed by atoms with van der Waals surface area (Å²) in [6.45, 7) is 8.86. The van der Waals surface area contributed by atoms with Crippen LogP contribution >= 0.6 is 0 Å². The monoisotopic (exact) mass is 381 g/mol. The van der Waals surface area contributed by atoms with Gasteiger partial charge in [0.1, 0.15) is 0 Å². The van der Waals surface area contributed by atoms with E-state index in [2.05, 4.69) is 73.2 Å². The molecule has 1 N–H and O–H groups in total. The van der Waals surface area contributed by atoms with Crippen LogP contribution in [0, 0.1) is 6.92 Å². The summed E-state index contributed by atoms with van der Waals surface area (Å²) in [7, 11) is 3.93. The Kier molecular flexibility index (Phi) is 7.19. The van der Waals surface area contributed by atoms with Crippen LogP contribution in [0.1, 0.15) is 11.1 Å². The number of benzene rings is 1. The van der Waals surface area contributed by atoms with Crippen molar-refractivity contribution in [3.63, 3.8) is 0 Å². The predicted octanol–water partition coefficient (Wildman–Crippen LogP) is 1.61. The van der Waals surface area contributed by atoms with Gasteiger partial charge < -0.3 is 15.1 Å². The standard InChI is InChI=1S/C21H31N7/c1-18-7-4-5-8-19(18)17-26(3)20(22-2)25-11-12-27-13-15-28(16-14-27)21-23-9-6-10-24-21/h4-10H,11-17H2,1-3H3,(H,22,25). The second-order valence-corrected chi connectivity index (χ2v) is 7.13. The number of rotatable bonds is 6. The average molecular weight is 382 g/mol. The van der Waals surface area contributed by atoms with E-state index in [0.29, 0.717) is 0 Å². The molecule has 1 saturated heterocycles. The van der Waals surface area contributed by atoms with Crippen LogP contribution in [0.25, 0.3) is 0 Å². The maximum Gasteiger partial charge on any atom is 0.225 e. The van der Waals surface area contributed by atoms with Crippen LogP contribution in [0.15, 0.2) is 47.7 Å². The number of aromatic nitrogens is 2. The van der Waals surface area contributed by atoms with Gasteiger partial charge in [0.25, 0.3) is 0 Å². The molecular formula is C21H31N7. The number of aryl methyl sites for hydroxylation is 1. The van der Waals surface area contributed by atoms with E-state index in [4.69, 9.17) is 0 Å². The lowest BCUT2D eigenvalue weighted by molar-refractivity contribution is 0.259. The molecule has 0 unspecified atom stereocenters. The quantitative estimate of drug-likeness (QED) is 0.606. The molecule has 1 fully saturated rings. The Labute approximate surface area is 168 Å². The highest BCUT2D eigenvalue weighted by molar-refractivity contribution is 5.79. The van der Waals surface area contributed by atoms with Gasteiger partial charge in [-0.05, 0) is 24.1 Å². The molecule has 0 aliphatic carbocycles. The molecular weight excluding hydrogens is 350 g/mol. The van der Waals surface area contributed by atoms with Crippen LogP contribution in [-0.2, 0) is 6.54 Å². The Morgan fingerprint density at radius 2 is 1.82 bits per heavy atom. The maximum absolute atomic E-state index is 4.44. The molecule has 7 nitrogen and oxygen atoms in total. The SMILES string of the molecule is CN=C(NCCN1CCN(c2ncccn2)CC1)N(C)Cc1ccccc1C. The van der Waals surface area contributed by atoms with Crippen LogP contribution < -0.4 is 10.2 Å². The topological polar surface area (TPSA) is 59.9 Å². The fraction of sp³-hybridized carbons (Fsp3) is 0.476. The van der Waals surface area contributed by atoms with Crippen LogP contribution in [0.4, 0.5) is 5.95 Å². The van der Waals surface area contributed by atoms with E-state index in [1.165, 1.54) is 11.1 Å². The number of anilines is 1. The van der Waals surface area contributed by atoms with Gasteiger partial charge in [-0.1, -0.05) is 24.3 Å². The Bertz CT molecular complexity index is 754. The first-order valence-corrected chi connectivity index (χ1v) is 9.88. The van der Waals surface area contributed by atoms with E-state index < -0.39 is 0 Å². The molecule has 1 aromatic carbocycles. The van der Waals surface area contributed by atoms with Gasteiger partial charge in [0, 0.05) is 72.3 Å². The lowest BCUT2D eigenvalue weighted by atomic mass is 10.1. The minimum atomic E-state index is 0.832. The maximum atomic E-state index is 4.44. The van der Waals surface area contributed by atoms with E-state index in [1.54, 1.807) is 12.4 Å². The first-order valence-electron chi connectivity index (χ1n) is 9.88. The van der Waals surface area contributed by atoms with Gasteiger partial charge in [-0.3, -0.25) is 9.89 Å². The highest BCUT2D eigenvalue weighted by Gasteiger charge is 2.18. The Hall–Kier alpha value is -2.67. The molecule has 28 heavy (non-hydrogen) atoms. The number of hydrogen-bond donors (Lipinski definition) is 1. The summed E-state index contributed by atoms with van der Waals surface area (Å²) in [5.41, 5.74) is 2.64. The summed E-state index contributed by atoms with van der Waals surface area (Å²) in [5.74, 6) is 1.76. The molecule has 2 aromatic rings. The molecule has 0 bridgehead atoms. The summed E-state index contributed by atoms with van der Waals surface area (Å²) < 4.78 is 0. The molecule has 3 rings (SSSR count). The lowest BCUT2D eigenvalue weighted by Crippen LogP contribution is -2.49. The van der Waals surface area contributed by atoms with E-state index in [-0.39, 0.29) is 0 Å². The van der Waals surface area contributed by atoms with Crippen molar-refractivity contribution >= 4 is 11.9 Å². The van der Waals surface area contributed by atoms with E-state index in [0.717, 1.165) is 57.7 Å². The third-order valence-corrected chi connectivity index (χ3v) is 5.16. The largest absolute Gasteiger partial charge is 0.355 e. The minimum absolute atomic E-state index is 0.832. The van der Waals surface area contributed by atoms with Crippen molar-refractivity contribution in [1.29, 1.82) is 0 Å². The average Bonchev–Trinajstić information content (AvgIpc) is 2.74. The Balaban J connectivity index is 1.41. The molecule has 0 saturated carbocycles. The summed E-state index contributed by atoms with van der Waals surface area (Å²) in [6, 6.07) is 10.4. The fourth-order valence-corrected chi connectivity index (χ4v) is 3.45. The summed E-state index contributed by atoms with van der Waals surface area (Å²) >= 11 is 0. The second-order valence-electron chi connectivity index (χ2n) is 7.13. The van der Waals surface area contributed by atoms with Gasteiger partial charge in [0.15, 0.2) is 5.96 Å². The Morgan fingerprint density at radius 1 is 1.11 bits per heavy atom.